The van der Waals surface area contributed by atoms with Gasteiger partial charge in [0.1, 0.15) is 6.54 Å². The SMILES string of the molecule is CN(C)c1cccc(C(=O)Nc2ccc(CC(=O)NCC(F)(F)F)cc2)c1. The number of nitrogens with one attached hydrogen (secondary N) is 2. The summed E-state index contributed by atoms with van der Waals surface area (Å²) in [6.45, 7) is -1.36. The molecule has 0 fully saturated rings. The number of anilines is 2. The van der Waals surface area contributed by atoms with Crippen molar-refractivity contribution in [3.8, 4) is 0 Å². The second kappa shape index (κ2) is 8.57. The standard InChI is InChI=1S/C19H20F3N3O2/c1-25(2)16-5-3-4-14(11-16)18(27)24-15-8-6-13(7-9-15)10-17(26)23-12-19(20,21)22/h3-9,11H,10,12H2,1-2H3,(H,23,26)(H,24,27). The maximum atomic E-state index is 12.3. The minimum atomic E-state index is -4.44. The van der Waals surface area contributed by atoms with Gasteiger partial charge in [-0.3, -0.25) is 9.59 Å². The quantitative estimate of drug-likeness (QED) is 0.810. The molecule has 2 aromatic rings. The van der Waals surface area contributed by atoms with Gasteiger partial charge in [-0.15, -0.1) is 0 Å². The van der Waals surface area contributed by atoms with Crippen LogP contribution in [-0.2, 0) is 11.2 Å². The van der Waals surface area contributed by atoms with E-state index >= 15 is 0 Å². The van der Waals surface area contributed by atoms with Gasteiger partial charge in [-0.25, -0.2) is 0 Å². The maximum absolute atomic E-state index is 12.3. The molecule has 0 atom stereocenters. The predicted molar refractivity (Wildman–Crippen MR) is 97.9 cm³/mol. The zero-order chi connectivity index (χ0) is 20.0. The first-order valence-electron chi connectivity index (χ1n) is 8.15. The van der Waals surface area contributed by atoms with Gasteiger partial charge in [0.05, 0.1) is 6.42 Å². The van der Waals surface area contributed by atoms with Crippen LogP contribution in [0.5, 0.6) is 0 Å². The lowest BCUT2D eigenvalue weighted by Gasteiger charge is -2.13. The fourth-order valence-electron chi connectivity index (χ4n) is 2.28. The van der Waals surface area contributed by atoms with Gasteiger partial charge < -0.3 is 15.5 Å². The van der Waals surface area contributed by atoms with E-state index in [-0.39, 0.29) is 12.3 Å². The molecule has 0 unspecified atom stereocenters. The number of carbonyl (C=O) groups excluding carboxylic acids is 2. The number of alkyl halides is 3. The fraction of sp³-hybridized carbons (Fsp3) is 0.263. The summed E-state index contributed by atoms with van der Waals surface area (Å²) in [5, 5.41) is 4.56. The molecule has 0 radical (unpaired) electrons. The summed E-state index contributed by atoms with van der Waals surface area (Å²) in [5.41, 5.74) is 2.46. The van der Waals surface area contributed by atoms with E-state index < -0.39 is 18.6 Å². The Bertz CT molecular complexity index is 803. The molecule has 144 valence electrons. The minimum Gasteiger partial charge on any atom is -0.378 e. The summed E-state index contributed by atoms with van der Waals surface area (Å²) in [7, 11) is 3.75. The Morgan fingerprint density at radius 3 is 2.30 bits per heavy atom. The predicted octanol–water partition coefficient (Wildman–Crippen LogP) is 3.23. The summed E-state index contributed by atoms with van der Waals surface area (Å²) in [6, 6.07) is 13.5. The molecule has 0 aliphatic carbocycles. The lowest BCUT2D eigenvalue weighted by Crippen LogP contribution is -2.34. The van der Waals surface area contributed by atoms with Crippen molar-refractivity contribution < 1.29 is 22.8 Å². The van der Waals surface area contributed by atoms with Crippen LogP contribution >= 0.6 is 0 Å². The lowest BCUT2D eigenvalue weighted by molar-refractivity contribution is -0.138. The van der Waals surface area contributed by atoms with Crippen molar-refractivity contribution in [2.24, 2.45) is 0 Å². The third-order valence-corrected chi connectivity index (χ3v) is 3.69. The minimum absolute atomic E-state index is 0.171. The first-order valence-corrected chi connectivity index (χ1v) is 8.15. The van der Waals surface area contributed by atoms with Crippen molar-refractivity contribution in [3.63, 3.8) is 0 Å². The van der Waals surface area contributed by atoms with E-state index in [1.165, 1.54) is 0 Å². The van der Waals surface area contributed by atoms with Crippen molar-refractivity contribution >= 4 is 23.2 Å². The molecule has 0 bridgehead atoms. The molecule has 0 spiro atoms. The number of carbonyl (C=O) groups is 2. The van der Waals surface area contributed by atoms with Crippen LogP contribution in [0.25, 0.3) is 0 Å². The number of hydrogen-bond acceptors (Lipinski definition) is 3. The van der Waals surface area contributed by atoms with Gasteiger partial charge in [0.15, 0.2) is 0 Å². The highest BCUT2D eigenvalue weighted by molar-refractivity contribution is 6.04. The highest BCUT2D eigenvalue weighted by Crippen LogP contribution is 2.16. The van der Waals surface area contributed by atoms with E-state index in [2.05, 4.69) is 5.32 Å². The van der Waals surface area contributed by atoms with Gasteiger partial charge in [0, 0.05) is 31.0 Å². The summed E-state index contributed by atoms with van der Waals surface area (Å²) >= 11 is 0. The molecular formula is C19H20F3N3O2. The van der Waals surface area contributed by atoms with Crippen LogP contribution in [0, 0.1) is 0 Å². The molecule has 2 N–H and O–H groups in total. The highest BCUT2D eigenvalue weighted by Gasteiger charge is 2.27. The Kier molecular flexibility index (Phi) is 6.44. The van der Waals surface area contributed by atoms with E-state index in [0.717, 1.165) is 5.69 Å². The number of amides is 2. The van der Waals surface area contributed by atoms with Crippen LogP contribution in [0.2, 0.25) is 0 Å². The van der Waals surface area contributed by atoms with Crippen LogP contribution in [-0.4, -0.2) is 38.6 Å². The van der Waals surface area contributed by atoms with E-state index in [9.17, 15) is 22.8 Å². The average Bonchev–Trinajstić information content (AvgIpc) is 2.61. The Balaban J connectivity index is 1.94. The van der Waals surface area contributed by atoms with Gasteiger partial charge >= 0.3 is 6.18 Å². The van der Waals surface area contributed by atoms with Gasteiger partial charge in [-0.1, -0.05) is 18.2 Å². The molecule has 0 saturated heterocycles. The van der Waals surface area contributed by atoms with E-state index in [4.69, 9.17) is 0 Å². The highest BCUT2D eigenvalue weighted by atomic mass is 19.4. The van der Waals surface area contributed by atoms with Gasteiger partial charge in [-0.05, 0) is 35.9 Å². The van der Waals surface area contributed by atoms with Crippen molar-refractivity contribution in [2.75, 3.05) is 30.9 Å². The largest absolute Gasteiger partial charge is 0.405 e. The van der Waals surface area contributed by atoms with Gasteiger partial charge in [-0.2, -0.15) is 13.2 Å². The molecule has 0 heterocycles. The van der Waals surface area contributed by atoms with Gasteiger partial charge in [0.25, 0.3) is 5.91 Å². The summed E-state index contributed by atoms with van der Waals surface area (Å²) in [5.74, 6) is -1.00. The zero-order valence-electron chi connectivity index (χ0n) is 14.9. The molecule has 0 aliphatic rings. The van der Waals surface area contributed by atoms with Crippen molar-refractivity contribution in [3.05, 3.63) is 59.7 Å². The van der Waals surface area contributed by atoms with Crippen molar-refractivity contribution in [2.45, 2.75) is 12.6 Å². The molecule has 2 amide bonds. The third kappa shape index (κ3) is 6.65. The van der Waals surface area contributed by atoms with Crippen LogP contribution in [0.15, 0.2) is 48.5 Å². The molecule has 2 aromatic carbocycles. The number of rotatable bonds is 6. The van der Waals surface area contributed by atoms with Crippen molar-refractivity contribution in [1.82, 2.24) is 5.32 Å². The van der Waals surface area contributed by atoms with Crippen molar-refractivity contribution in [1.29, 1.82) is 0 Å². The molecule has 8 heteroatoms. The number of benzene rings is 2. The molecule has 5 nitrogen and oxygen atoms in total. The Labute approximate surface area is 155 Å². The monoisotopic (exact) mass is 379 g/mol. The van der Waals surface area contributed by atoms with Crippen LogP contribution in [0.1, 0.15) is 15.9 Å². The van der Waals surface area contributed by atoms with Crippen LogP contribution in [0.3, 0.4) is 0 Å². The maximum Gasteiger partial charge on any atom is 0.405 e. The van der Waals surface area contributed by atoms with Gasteiger partial charge in [0.2, 0.25) is 5.91 Å². The lowest BCUT2D eigenvalue weighted by atomic mass is 10.1. The van der Waals surface area contributed by atoms with Crippen LogP contribution in [0.4, 0.5) is 24.5 Å². The first kappa shape index (κ1) is 20.3. The fourth-order valence-corrected chi connectivity index (χ4v) is 2.28. The zero-order valence-corrected chi connectivity index (χ0v) is 14.9. The Morgan fingerprint density at radius 1 is 1.04 bits per heavy atom. The van der Waals surface area contributed by atoms with E-state index in [0.29, 0.717) is 16.8 Å². The second-order valence-corrected chi connectivity index (χ2v) is 6.16. The summed E-state index contributed by atoms with van der Waals surface area (Å²) < 4.78 is 36.2. The molecule has 27 heavy (non-hydrogen) atoms. The normalized spacial score (nSPS) is 11.0. The smallest absolute Gasteiger partial charge is 0.378 e. The Hall–Kier alpha value is -3.03. The second-order valence-electron chi connectivity index (χ2n) is 6.16. The third-order valence-electron chi connectivity index (χ3n) is 3.69. The molecule has 0 aliphatic heterocycles. The average molecular weight is 379 g/mol. The molecule has 0 aromatic heterocycles. The number of hydrogen-bond donors (Lipinski definition) is 2. The summed E-state index contributed by atoms with van der Waals surface area (Å²) in [6.07, 6.45) is -4.61. The van der Waals surface area contributed by atoms with E-state index in [1.807, 2.05) is 30.4 Å². The topological polar surface area (TPSA) is 61.4 Å². The number of halogens is 3. The molecular weight excluding hydrogens is 359 g/mol. The first-order chi connectivity index (χ1) is 12.6. The van der Waals surface area contributed by atoms with Crippen LogP contribution < -0.4 is 15.5 Å². The summed E-state index contributed by atoms with van der Waals surface area (Å²) in [4.78, 5) is 25.7. The molecule has 0 saturated carbocycles. The Morgan fingerprint density at radius 2 is 1.70 bits per heavy atom. The van der Waals surface area contributed by atoms with E-state index in [1.54, 1.807) is 42.5 Å². The number of nitrogens with zero attached hydrogens (tertiary/aromatic N) is 1. The molecule has 2 rings (SSSR count).